The number of aromatic nitrogens is 2. The van der Waals surface area contributed by atoms with E-state index in [1.807, 2.05) is 49.4 Å². The Morgan fingerprint density at radius 2 is 1.85 bits per heavy atom. The second-order valence-electron chi connectivity index (χ2n) is 6.18. The number of hydrazone groups is 1. The van der Waals surface area contributed by atoms with Gasteiger partial charge in [-0.3, -0.25) is 4.79 Å². The predicted molar refractivity (Wildman–Crippen MR) is 100 cm³/mol. The van der Waals surface area contributed by atoms with Crippen LogP contribution < -0.4 is 10.2 Å². The van der Waals surface area contributed by atoms with Gasteiger partial charge in [-0.2, -0.15) is 5.10 Å². The van der Waals surface area contributed by atoms with Crippen molar-refractivity contribution in [3.05, 3.63) is 48.0 Å². The molecule has 0 bridgehead atoms. The van der Waals surface area contributed by atoms with Crippen LogP contribution in [0, 0.1) is 5.92 Å². The van der Waals surface area contributed by atoms with E-state index in [1.165, 1.54) is 0 Å². The summed E-state index contributed by atoms with van der Waals surface area (Å²) < 4.78 is 5.19. The molecule has 0 saturated heterocycles. The Bertz CT molecular complexity index is 976. The molecule has 2 aromatic carbocycles. The third-order valence-corrected chi connectivity index (χ3v) is 4.40. The number of ether oxygens (including phenoxy) is 1. The minimum absolute atomic E-state index is 0. The molecule has 2 heterocycles. The van der Waals surface area contributed by atoms with Crippen molar-refractivity contribution in [3.8, 4) is 17.1 Å². The van der Waals surface area contributed by atoms with Crippen molar-refractivity contribution < 1.29 is 15.0 Å². The van der Waals surface area contributed by atoms with Gasteiger partial charge in [0.05, 0.1) is 23.9 Å². The third-order valence-electron chi connectivity index (χ3n) is 4.40. The highest BCUT2D eigenvalue weighted by atomic mass is 16.5. The highest BCUT2D eigenvalue weighted by molar-refractivity contribution is 6.07. The van der Waals surface area contributed by atoms with Crippen LogP contribution >= 0.6 is 0 Å². The molecular formula is C19H20N4O3. The molecule has 4 N–H and O–H groups in total. The first-order valence-electron chi connectivity index (χ1n) is 8.15. The number of nitrogens with one attached hydrogen (secondary N) is 2. The van der Waals surface area contributed by atoms with Crippen LogP contribution in [0.5, 0.6) is 5.75 Å². The van der Waals surface area contributed by atoms with Gasteiger partial charge in [-0.05, 0) is 36.4 Å². The molecule has 1 atom stereocenters. The lowest BCUT2D eigenvalue weighted by Crippen LogP contribution is -2.31. The van der Waals surface area contributed by atoms with Crippen LogP contribution in [0.25, 0.3) is 22.4 Å². The van der Waals surface area contributed by atoms with Gasteiger partial charge in [0.2, 0.25) is 5.91 Å². The van der Waals surface area contributed by atoms with Crippen molar-refractivity contribution in [3.63, 3.8) is 0 Å². The molecule has 1 unspecified atom stereocenters. The second kappa shape index (κ2) is 6.97. The lowest BCUT2D eigenvalue weighted by atomic mass is 9.94. The normalized spacial score (nSPS) is 16.6. The Morgan fingerprint density at radius 3 is 2.54 bits per heavy atom. The van der Waals surface area contributed by atoms with E-state index in [2.05, 4.69) is 15.5 Å². The zero-order chi connectivity index (χ0) is 17.4. The number of nitrogens with zero attached hydrogens (tertiary/aromatic N) is 2. The fourth-order valence-corrected chi connectivity index (χ4v) is 3.05. The topological polar surface area (TPSA) is 111 Å². The number of methoxy groups -OCH3 is 1. The molecule has 1 aromatic heterocycles. The molecule has 7 heteroatoms. The average molecular weight is 352 g/mol. The fraction of sp³-hybridized carbons (Fsp3) is 0.211. The predicted octanol–water partition coefficient (Wildman–Crippen LogP) is 2.27. The van der Waals surface area contributed by atoms with Crippen molar-refractivity contribution in [1.82, 2.24) is 15.4 Å². The maximum absolute atomic E-state index is 11.4. The summed E-state index contributed by atoms with van der Waals surface area (Å²) in [5.41, 5.74) is 7.25. The summed E-state index contributed by atoms with van der Waals surface area (Å²) in [6, 6.07) is 13.8. The number of hydrogen-bond donors (Lipinski definition) is 2. The number of carbonyl (C=O) groups excluding carboxylic acids is 1. The average Bonchev–Trinajstić information content (AvgIpc) is 3.05. The van der Waals surface area contributed by atoms with E-state index in [0.29, 0.717) is 6.42 Å². The largest absolute Gasteiger partial charge is 0.497 e. The van der Waals surface area contributed by atoms with Gasteiger partial charge in [-0.1, -0.05) is 13.0 Å². The lowest BCUT2D eigenvalue weighted by Gasteiger charge is -2.18. The monoisotopic (exact) mass is 352 g/mol. The van der Waals surface area contributed by atoms with Crippen LogP contribution in [0.15, 0.2) is 47.6 Å². The summed E-state index contributed by atoms with van der Waals surface area (Å²) >= 11 is 0. The molecule has 0 aliphatic carbocycles. The molecule has 7 nitrogen and oxygen atoms in total. The van der Waals surface area contributed by atoms with E-state index in [-0.39, 0.29) is 17.3 Å². The third kappa shape index (κ3) is 3.16. The van der Waals surface area contributed by atoms with Crippen LogP contribution in [0.1, 0.15) is 18.9 Å². The van der Waals surface area contributed by atoms with Crippen LogP contribution in [0.2, 0.25) is 0 Å². The van der Waals surface area contributed by atoms with Gasteiger partial charge in [0, 0.05) is 23.5 Å². The Balaban J connectivity index is 0.00000196. The van der Waals surface area contributed by atoms with E-state index in [9.17, 15) is 4.79 Å². The minimum Gasteiger partial charge on any atom is -0.497 e. The Labute approximate surface area is 150 Å². The summed E-state index contributed by atoms with van der Waals surface area (Å²) in [6.07, 6.45) is 0.453. The van der Waals surface area contributed by atoms with E-state index >= 15 is 0 Å². The number of rotatable bonds is 3. The molecule has 1 amide bonds. The van der Waals surface area contributed by atoms with E-state index in [1.54, 1.807) is 7.11 Å². The van der Waals surface area contributed by atoms with Crippen molar-refractivity contribution in [1.29, 1.82) is 0 Å². The summed E-state index contributed by atoms with van der Waals surface area (Å²) in [4.78, 5) is 19.5. The first-order chi connectivity index (χ1) is 12.1. The highest BCUT2D eigenvalue weighted by Gasteiger charge is 2.22. The molecule has 4 rings (SSSR count). The van der Waals surface area contributed by atoms with Crippen molar-refractivity contribution in [2.45, 2.75) is 13.3 Å². The van der Waals surface area contributed by atoms with Gasteiger partial charge < -0.3 is 15.2 Å². The Morgan fingerprint density at radius 1 is 1.12 bits per heavy atom. The van der Waals surface area contributed by atoms with Crippen molar-refractivity contribution in [2.75, 3.05) is 7.11 Å². The Kier molecular flexibility index (Phi) is 4.73. The number of carbonyl (C=O) groups is 1. The molecule has 1 aliphatic heterocycles. The standard InChI is InChI=1S/C19H18N4O2.H2O/c1-11-9-17(24)22-23-18(11)13-5-8-15-16(10-13)21-19(20-15)12-3-6-14(25-2)7-4-12;/h3-8,10-11H,9H2,1-2H3,(H,20,21)(H,22,24);1H2. The van der Waals surface area contributed by atoms with Gasteiger partial charge >= 0.3 is 0 Å². The number of fused-ring (bicyclic) bond motifs is 1. The number of benzene rings is 2. The first kappa shape index (κ1) is 17.6. The summed E-state index contributed by atoms with van der Waals surface area (Å²) in [5, 5.41) is 4.22. The number of amides is 1. The van der Waals surface area contributed by atoms with E-state index in [4.69, 9.17) is 9.72 Å². The van der Waals surface area contributed by atoms with E-state index < -0.39 is 0 Å². The van der Waals surface area contributed by atoms with Gasteiger partial charge in [0.1, 0.15) is 11.6 Å². The van der Waals surface area contributed by atoms with Gasteiger partial charge in [-0.25, -0.2) is 10.4 Å². The summed E-state index contributed by atoms with van der Waals surface area (Å²) in [5.74, 6) is 1.67. The van der Waals surface area contributed by atoms with E-state index in [0.717, 1.165) is 39.4 Å². The molecule has 0 saturated carbocycles. The van der Waals surface area contributed by atoms with Gasteiger partial charge in [-0.15, -0.1) is 0 Å². The number of imidazole rings is 1. The molecular weight excluding hydrogens is 332 g/mol. The number of aromatic amines is 1. The SMILES string of the molecule is COc1ccc(-c2nc3cc(C4=NNC(=O)CC4C)ccc3[nH]2)cc1.O. The molecule has 3 aromatic rings. The van der Waals surface area contributed by atoms with Crippen molar-refractivity contribution >= 4 is 22.7 Å². The smallest absolute Gasteiger partial charge is 0.240 e. The van der Waals surface area contributed by atoms with Crippen LogP contribution in [0.3, 0.4) is 0 Å². The quantitative estimate of drug-likeness (QED) is 0.754. The van der Waals surface area contributed by atoms with Crippen LogP contribution in [-0.4, -0.2) is 34.2 Å². The Hall–Kier alpha value is -3.19. The van der Waals surface area contributed by atoms with Gasteiger partial charge in [0.15, 0.2) is 0 Å². The highest BCUT2D eigenvalue weighted by Crippen LogP contribution is 2.25. The maximum Gasteiger partial charge on any atom is 0.240 e. The molecule has 134 valence electrons. The number of H-pyrrole nitrogens is 1. The van der Waals surface area contributed by atoms with Crippen molar-refractivity contribution in [2.24, 2.45) is 11.0 Å². The lowest BCUT2D eigenvalue weighted by molar-refractivity contribution is -0.121. The minimum atomic E-state index is -0.0427. The second-order valence-corrected chi connectivity index (χ2v) is 6.18. The molecule has 0 fully saturated rings. The molecule has 1 aliphatic rings. The molecule has 26 heavy (non-hydrogen) atoms. The maximum atomic E-state index is 11.4. The summed E-state index contributed by atoms with van der Waals surface area (Å²) in [7, 11) is 1.65. The fourth-order valence-electron chi connectivity index (χ4n) is 3.05. The first-order valence-corrected chi connectivity index (χ1v) is 8.15. The number of hydrogen-bond acceptors (Lipinski definition) is 4. The van der Waals surface area contributed by atoms with Gasteiger partial charge in [0.25, 0.3) is 0 Å². The molecule has 0 radical (unpaired) electrons. The van der Waals surface area contributed by atoms with Crippen LogP contribution in [-0.2, 0) is 4.79 Å². The zero-order valence-corrected chi connectivity index (χ0v) is 14.5. The van der Waals surface area contributed by atoms with Crippen LogP contribution in [0.4, 0.5) is 0 Å². The molecule has 0 spiro atoms. The summed E-state index contributed by atoms with van der Waals surface area (Å²) in [6.45, 7) is 2.01. The zero-order valence-electron chi connectivity index (χ0n) is 14.5.